The van der Waals surface area contributed by atoms with Crippen LogP contribution in [0.1, 0.15) is 57.4 Å². The van der Waals surface area contributed by atoms with Crippen LogP contribution in [-0.4, -0.2) is 61.2 Å². The van der Waals surface area contributed by atoms with Gasteiger partial charge in [-0.1, -0.05) is 13.0 Å². The molecule has 0 saturated heterocycles. The van der Waals surface area contributed by atoms with Crippen molar-refractivity contribution in [2.24, 2.45) is 5.92 Å². The summed E-state index contributed by atoms with van der Waals surface area (Å²) < 4.78 is 5.18. The summed E-state index contributed by atoms with van der Waals surface area (Å²) in [6.07, 6.45) is 8.07. The molecule has 5 heteroatoms. The lowest BCUT2D eigenvalue weighted by Gasteiger charge is -2.36. The van der Waals surface area contributed by atoms with Gasteiger partial charge in [0, 0.05) is 19.0 Å². The maximum atomic E-state index is 13.1. The van der Waals surface area contributed by atoms with Gasteiger partial charge in [-0.05, 0) is 89.2 Å². The van der Waals surface area contributed by atoms with E-state index in [0.717, 1.165) is 50.3 Å². The number of carbonyl (C=O) groups is 1. The van der Waals surface area contributed by atoms with Crippen LogP contribution in [0.3, 0.4) is 0 Å². The number of aromatic hydroxyl groups is 1. The number of benzene rings is 1. The Kier molecular flexibility index (Phi) is 9.10. The van der Waals surface area contributed by atoms with Gasteiger partial charge in [0.1, 0.15) is 0 Å². The van der Waals surface area contributed by atoms with Crippen LogP contribution in [0.15, 0.2) is 18.2 Å². The predicted octanol–water partition coefficient (Wildman–Crippen LogP) is 4.08. The first-order valence-electron chi connectivity index (χ1n) is 10.7. The fourth-order valence-corrected chi connectivity index (χ4v) is 4.05. The molecule has 1 saturated carbocycles. The van der Waals surface area contributed by atoms with E-state index in [0.29, 0.717) is 24.6 Å². The number of ether oxygens (including phenoxy) is 1. The number of phenolic OH excluding ortho intramolecular Hbond substituents is 1. The smallest absolute Gasteiger partial charge is 0.223 e. The number of phenols is 1. The van der Waals surface area contributed by atoms with E-state index in [2.05, 4.69) is 30.8 Å². The Morgan fingerprint density at radius 3 is 2.46 bits per heavy atom. The standard InChI is InChI=1S/C23H38N2O3/c1-18-7-11-20(12-8-18)25(16-6-5-15-24(2)3)23(27)14-10-19-9-13-21(26)22(17-19)28-4/h9,13,17-18,20,26H,5-8,10-12,14-16H2,1-4H3. The molecule has 1 amide bonds. The monoisotopic (exact) mass is 390 g/mol. The second-order valence-electron chi connectivity index (χ2n) is 8.52. The normalized spacial score (nSPS) is 19.6. The Hall–Kier alpha value is -1.75. The zero-order valence-corrected chi connectivity index (χ0v) is 18.1. The van der Waals surface area contributed by atoms with E-state index in [1.807, 2.05) is 12.1 Å². The number of methoxy groups -OCH3 is 1. The molecular formula is C23H38N2O3. The van der Waals surface area contributed by atoms with Crippen molar-refractivity contribution in [1.82, 2.24) is 9.80 Å². The molecule has 0 atom stereocenters. The highest BCUT2D eigenvalue weighted by molar-refractivity contribution is 5.76. The van der Waals surface area contributed by atoms with E-state index in [1.165, 1.54) is 12.8 Å². The number of hydrogen-bond acceptors (Lipinski definition) is 4. The molecule has 0 radical (unpaired) electrons. The third-order valence-electron chi connectivity index (χ3n) is 5.87. The third kappa shape index (κ3) is 7.01. The molecular weight excluding hydrogens is 352 g/mol. The summed E-state index contributed by atoms with van der Waals surface area (Å²) in [6, 6.07) is 5.74. The number of aryl methyl sites for hydroxylation is 1. The quantitative estimate of drug-likeness (QED) is 0.612. The minimum Gasteiger partial charge on any atom is -0.504 e. The number of unbranched alkanes of at least 4 members (excludes halogenated alkanes) is 1. The van der Waals surface area contributed by atoms with Gasteiger partial charge in [0.2, 0.25) is 5.91 Å². The Bertz CT molecular complexity index is 610. The SMILES string of the molecule is COc1cc(CCC(=O)N(CCCCN(C)C)C2CCC(C)CC2)ccc1O. The van der Waals surface area contributed by atoms with Crippen LogP contribution < -0.4 is 4.74 Å². The van der Waals surface area contributed by atoms with Gasteiger partial charge in [0.15, 0.2) is 11.5 Å². The summed E-state index contributed by atoms with van der Waals surface area (Å²) in [6.45, 7) is 4.25. The molecule has 1 N–H and O–H groups in total. The van der Waals surface area contributed by atoms with Crippen molar-refractivity contribution in [2.45, 2.75) is 64.3 Å². The molecule has 0 aromatic heterocycles. The minimum absolute atomic E-state index is 0.136. The number of hydrogen-bond donors (Lipinski definition) is 1. The number of amides is 1. The molecule has 5 nitrogen and oxygen atoms in total. The van der Waals surface area contributed by atoms with Gasteiger partial charge in [-0.15, -0.1) is 0 Å². The van der Waals surface area contributed by atoms with Crippen LogP contribution in [0.5, 0.6) is 11.5 Å². The maximum Gasteiger partial charge on any atom is 0.223 e. The average Bonchev–Trinajstić information content (AvgIpc) is 2.68. The second kappa shape index (κ2) is 11.3. The van der Waals surface area contributed by atoms with Gasteiger partial charge >= 0.3 is 0 Å². The summed E-state index contributed by atoms with van der Waals surface area (Å²) in [5, 5.41) is 9.75. The number of carbonyl (C=O) groups excluding carboxylic acids is 1. The molecule has 2 rings (SSSR count). The Labute approximate surface area is 170 Å². The lowest BCUT2D eigenvalue weighted by molar-refractivity contribution is -0.134. The third-order valence-corrected chi connectivity index (χ3v) is 5.87. The van der Waals surface area contributed by atoms with Gasteiger partial charge in [-0.25, -0.2) is 0 Å². The van der Waals surface area contributed by atoms with Gasteiger partial charge < -0.3 is 19.6 Å². The Morgan fingerprint density at radius 1 is 1.14 bits per heavy atom. The van der Waals surface area contributed by atoms with E-state index < -0.39 is 0 Å². The van der Waals surface area contributed by atoms with E-state index >= 15 is 0 Å². The molecule has 158 valence electrons. The van der Waals surface area contributed by atoms with Crippen LogP contribution in [-0.2, 0) is 11.2 Å². The highest BCUT2D eigenvalue weighted by Gasteiger charge is 2.27. The summed E-state index contributed by atoms with van der Waals surface area (Å²) in [4.78, 5) is 17.4. The zero-order chi connectivity index (χ0) is 20.5. The van der Waals surface area contributed by atoms with Gasteiger partial charge in [-0.2, -0.15) is 0 Å². The summed E-state index contributed by atoms with van der Waals surface area (Å²) in [7, 11) is 5.73. The van der Waals surface area contributed by atoms with Crippen molar-refractivity contribution in [3.63, 3.8) is 0 Å². The van der Waals surface area contributed by atoms with Crippen LogP contribution in [0.4, 0.5) is 0 Å². The van der Waals surface area contributed by atoms with E-state index in [4.69, 9.17) is 4.74 Å². The largest absolute Gasteiger partial charge is 0.504 e. The molecule has 0 heterocycles. The molecule has 1 aliphatic rings. The first kappa shape index (κ1) is 22.5. The van der Waals surface area contributed by atoms with E-state index in [1.54, 1.807) is 13.2 Å². The van der Waals surface area contributed by atoms with E-state index in [-0.39, 0.29) is 11.7 Å². The molecule has 1 aromatic rings. The van der Waals surface area contributed by atoms with Crippen molar-refractivity contribution in [3.05, 3.63) is 23.8 Å². The first-order chi connectivity index (χ1) is 13.4. The average molecular weight is 391 g/mol. The lowest BCUT2D eigenvalue weighted by atomic mass is 9.86. The zero-order valence-electron chi connectivity index (χ0n) is 18.1. The molecule has 1 aliphatic carbocycles. The minimum atomic E-state index is 0.136. The van der Waals surface area contributed by atoms with E-state index in [9.17, 15) is 9.90 Å². The second-order valence-corrected chi connectivity index (χ2v) is 8.52. The van der Waals surface area contributed by atoms with Crippen molar-refractivity contribution < 1.29 is 14.6 Å². The van der Waals surface area contributed by atoms with Crippen LogP contribution >= 0.6 is 0 Å². The predicted molar refractivity (Wildman–Crippen MR) is 114 cm³/mol. The van der Waals surface area contributed by atoms with Crippen molar-refractivity contribution in [3.8, 4) is 11.5 Å². The molecule has 0 spiro atoms. The molecule has 0 unspecified atom stereocenters. The van der Waals surface area contributed by atoms with Crippen LogP contribution in [0.25, 0.3) is 0 Å². The Morgan fingerprint density at radius 2 is 1.82 bits per heavy atom. The molecule has 28 heavy (non-hydrogen) atoms. The molecule has 1 aromatic carbocycles. The van der Waals surface area contributed by atoms with Gasteiger partial charge in [-0.3, -0.25) is 4.79 Å². The number of nitrogens with zero attached hydrogens (tertiary/aromatic N) is 2. The lowest BCUT2D eigenvalue weighted by Crippen LogP contribution is -2.43. The fourth-order valence-electron chi connectivity index (χ4n) is 4.05. The van der Waals surface area contributed by atoms with Gasteiger partial charge in [0.05, 0.1) is 7.11 Å². The van der Waals surface area contributed by atoms with Crippen molar-refractivity contribution in [1.29, 1.82) is 0 Å². The maximum absolute atomic E-state index is 13.1. The Balaban J connectivity index is 1.95. The number of rotatable bonds is 10. The van der Waals surface area contributed by atoms with Crippen LogP contribution in [0.2, 0.25) is 0 Å². The topological polar surface area (TPSA) is 53.0 Å². The van der Waals surface area contributed by atoms with Crippen molar-refractivity contribution in [2.75, 3.05) is 34.3 Å². The molecule has 0 bridgehead atoms. The first-order valence-corrected chi connectivity index (χ1v) is 10.7. The highest BCUT2D eigenvalue weighted by atomic mass is 16.5. The summed E-state index contributed by atoms with van der Waals surface area (Å²) in [5.74, 6) is 1.64. The van der Waals surface area contributed by atoms with Crippen molar-refractivity contribution >= 4 is 5.91 Å². The molecule has 1 fully saturated rings. The van der Waals surface area contributed by atoms with Gasteiger partial charge in [0.25, 0.3) is 0 Å². The summed E-state index contributed by atoms with van der Waals surface area (Å²) in [5.41, 5.74) is 1.02. The highest BCUT2D eigenvalue weighted by Crippen LogP contribution is 2.29. The fraction of sp³-hybridized carbons (Fsp3) is 0.696. The molecule has 0 aliphatic heterocycles. The van der Waals surface area contributed by atoms with Crippen LogP contribution in [0, 0.1) is 5.92 Å². The summed E-state index contributed by atoms with van der Waals surface area (Å²) >= 11 is 0.